The molecule has 3 N–H and O–H groups in total. The van der Waals surface area contributed by atoms with Crippen molar-refractivity contribution in [1.82, 2.24) is 10.6 Å². The minimum atomic E-state index is -2.62. The van der Waals surface area contributed by atoms with E-state index in [9.17, 15) is 18.7 Å². The number of benzene rings is 2. The Balaban J connectivity index is 1.56. The fourth-order valence-electron chi connectivity index (χ4n) is 3.01. The molecular formula is C19H20F2N2O2. The lowest BCUT2D eigenvalue weighted by Gasteiger charge is -2.30. The third-order valence-electron chi connectivity index (χ3n) is 4.45. The van der Waals surface area contributed by atoms with E-state index < -0.39 is 18.4 Å². The van der Waals surface area contributed by atoms with Gasteiger partial charge in [0.15, 0.2) is 0 Å². The van der Waals surface area contributed by atoms with Crippen molar-refractivity contribution >= 4 is 5.91 Å². The van der Waals surface area contributed by atoms with Crippen LogP contribution in [-0.4, -0.2) is 29.7 Å². The second-order valence-electron chi connectivity index (χ2n) is 6.16. The van der Waals surface area contributed by atoms with Crippen LogP contribution in [0.2, 0.25) is 0 Å². The summed E-state index contributed by atoms with van der Waals surface area (Å²) in [5, 5.41) is 16.2. The SMILES string of the molecule is O=C(NCC(O)C1Cc2ccccc2CN1)c1cccc(C(F)F)c1. The van der Waals surface area contributed by atoms with Crippen molar-refractivity contribution in [3.8, 4) is 0 Å². The van der Waals surface area contributed by atoms with Crippen LogP contribution in [0.3, 0.4) is 0 Å². The van der Waals surface area contributed by atoms with Gasteiger partial charge in [-0.15, -0.1) is 0 Å². The van der Waals surface area contributed by atoms with E-state index in [1.165, 1.54) is 35.4 Å². The average molecular weight is 346 g/mol. The lowest BCUT2D eigenvalue weighted by molar-refractivity contribution is 0.0869. The number of carbonyl (C=O) groups excluding carboxylic acids is 1. The zero-order valence-electron chi connectivity index (χ0n) is 13.6. The second-order valence-corrected chi connectivity index (χ2v) is 6.16. The third-order valence-corrected chi connectivity index (χ3v) is 4.45. The molecule has 2 unspecified atom stereocenters. The van der Waals surface area contributed by atoms with Gasteiger partial charge in [0.2, 0.25) is 0 Å². The van der Waals surface area contributed by atoms with Gasteiger partial charge in [0.05, 0.1) is 6.10 Å². The molecule has 0 aromatic heterocycles. The summed E-state index contributed by atoms with van der Waals surface area (Å²) in [6, 6.07) is 13.2. The molecule has 1 amide bonds. The van der Waals surface area contributed by atoms with Crippen LogP contribution in [0.15, 0.2) is 48.5 Å². The molecule has 4 nitrogen and oxygen atoms in total. The van der Waals surface area contributed by atoms with Gasteiger partial charge in [-0.3, -0.25) is 4.79 Å². The van der Waals surface area contributed by atoms with Gasteiger partial charge in [0.1, 0.15) is 0 Å². The molecule has 0 bridgehead atoms. The van der Waals surface area contributed by atoms with Gasteiger partial charge in [0.25, 0.3) is 12.3 Å². The summed E-state index contributed by atoms with van der Waals surface area (Å²) in [5.41, 5.74) is 2.35. The van der Waals surface area contributed by atoms with E-state index in [-0.39, 0.29) is 23.7 Å². The zero-order chi connectivity index (χ0) is 17.8. The number of carbonyl (C=O) groups is 1. The first-order valence-corrected chi connectivity index (χ1v) is 8.19. The van der Waals surface area contributed by atoms with Gasteiger partial charge >= 0.3 is 0 Å². The predicted octanol–water partition coefficient (Wildman–Crippen LogP) is 2.43. The molecule has 1 heterocycles. The summed E-state index contributed by atoms with van der Waals surface area (Å²) in [6.07, 6.45) is -2.71. The van der Waals surface area contributed by atoms with Crippen molar-refractivity contribution < 1.29 is 18.7 Å². The number of aliphatic hydroxyl groups is 1. The molecule has 0 aliphatic carbocycles. The van der Waals surface area contributed by atoms with Gasteiger partial charge < -0.3 is 15.7 Å². The highest BCUT2D eigenvalue weighted by molar-refractivity contribution is 5.94. The van der Waals surface area contributed by atoms with Crippen molar-refractivity contribution in [3.63, 3.8) is 0 Å². The highest BCUT2D eigenvalue weighted by Crippen LogP contribution is 2.20. The number of aliphatic hydroxyl groups excluding tert-OH is 1. The Morgan fingerprint density at radius 1 is 1.20 bits per heavy atom. The monoisotopic (exact) mass is 346 g/mol. The van der Waals surface area contributed by atoms with Crippen LogP contribution in [0.5, 0.6) is 0 Å². The summed E-state index contributed by atoms with van der Waals surface area (Å²) in [5.74, 6) is -0.474. The molecule has 1 aliphatic heterocycles. The van der Waals surface area contributed by atoms with Crippen LogP contribution >= 0.6 is 0 Å². The number of hydrogen-bond donors (Lipinski definition) is 3. The fourth-order valence-corrected chi connectivity index (χ4v) is 3.01. The highest BCUT2D eigenvalue weighted by Gasteiger charge is 2.24. The maximum absolute atomic E-state index is 12.7. The molecule has 25 heavy (non-hydrogen) atoms. The molecule has 0 saturated heterocycles. The Morgan fingerprint density at radius 3 is 2.72 bits per heavy atom. The van der Waals surface area contributed by atoms with Crippen molar-refractivity contribution in [3.05, 3.63) is 70.8 Å². The van der Waals surface area contributed by atoms with Crippen LogP contribution in [0, 0.1) is 0 Å². The second kappa shape index (κ2) is 7.72. The number of alkyl halides is 2. The summed E-state index contributed by atoms with van der Waals surface area (Å²) < 4.78 is 25.4. The quantitative estimate of drug-likeness (QED) is 0.779. The van der Waals surface area contributed by atoms with E-state index in [4.69, 9.17) is 0 Å². The summed E-state index contributed by atoms with van der Waals surface area (Å²) in [7, 11) is 0. The van der Waals surface area contributed by atoms with Gasteiger partial charge in [-0.25, -0.2) is 8.78 Å². The van der Waals surface area contributed by atoms with Crippen molar-refractivity contribution in [2.75, 3.05) is 6.54 Å². The molecule has 132 valence electrons. The van der Waals surface area contributed by atoms with Crippen molar-refractivity contribution in [2.45, 2.75) is 31.5 Å². The number of hydrogen-bond acceptors (Lipinski definition) is 3. The first kappa shape index (κ1) is 17.5. The Bertz CT molecular complexity index is 752. The fraction of sp³-hybridized carbons (Fsp3) is 0.316. The third kappa shape index (κ3) is 4.21. The molecule has 1 aliphatic rings. The number of amides is 1. The standard InChI is InChI=1S/C19H20F2N2O2/c20-18(21)13-6-3-7-14(8-13)19(25)23-11-17(24)16-9-12-4-1-2-5-15(12)10-22-16/h1-8,16-18,22,24H,9-11H2,(H,23,25). The zero-order valence-corrected chi connectivity index (χ0v) is 13.6. The Labute approximate surface area is 144 Å². The van der Waals surface area contributed by atoms with E-state index in [0.29, 0.717) is 13.0 Å². The highest BCUT2D eigenvalue weighted by atomic mass is 19.3. The minimum Gasteiger partial charge on any atom is -0.390 e. The number of halogens is 2. The number of nitrogens with one attached hydrogen (secondary N) is 2. The largest absolute Gasteiger partial charge is 0.390 e. The maximum atomic E-state index is 12.7. The van der Waals surface area contributed by atoms with Crippen LogP contribution in [0.4, 0.5) is 8.78 Å². The van der Waals surface area contributed by atoms with E-state index in [0.717, 1.165) is 0 Å². The normalized spacial score (nSPS) is 17.8. The van der Waals surface area contributed by atoms with Crippen molar-refractivity contribution in [2.24, 2.45) is 0 Å². The van der Waals surface area contributed by atoms with Gasteiger partial charge in [-0.2, -0.15) is 0 Å². The molecule has 2 atom stereocenters. The maximum Gasteiger partial charge on any atom is 0.263 e. The molecule has 6 heteroatoms. The lowest BCUT2D eigenvalue weighted by Crippen LogP contribution is -2.49. The molecule has 0 spiro atoms. The van der Waals surface area contributed by atoms with Gasteiger partial charge in [-0.1, -0.05) is 36.4 Å². The molecule has 0 fully saturated rings. The topological polar surface area (TPSA) is 61.4 Å². The van der Waals surface area contributed by atoms with Crippen LogP contribution in [0.1, 0.15) is 33.5 Å². The molecule has 0 saturated carbocycles. The van der Waals surface area contributed by atoms with E-state index in [1.807, 2.05) is 24.3 Å². The molecular weight excluding hydrogens is 326 g/mol. The predicted molar refractivity (Wildman–Crippen MR) is 90.5 cm³/mol. The Hall–Kier alpha value is -2.31. The van der Waals surface area contributed by atoms with E-state index in [1.54, 1.807) is 0 Å². The molecule has 2 aromatic carbocycles. The Morgan fingerprint density at radius 2 is 1.96 bits per heavy atom. The minimum absolute atomic E-state index is 0.0531. The lowest BCUT2D eigenvalue weighted by atomic mass is 9.93. The van der Waals surface area contributed by atoms with E-state index >= 15 is 0 Å². The Kier molecular flexibility index (Phi) is 5.40. The molecule has 2 aromatic rings. The summed E-state index contributed by atoms with van der Waals surface area (Å²) in [4.78, 5) is 12.1. The van der Waals surface area contributed by atoms with Gasteiger partial charge in [-0.05, 0) is 29.7 Å². The van der Waals surface area contributed by atoms with Crippen LogP contribution < -0.4 is 10.6 Å². The summed E-state index contributed by atoms with van der Waals surface area (Å²) >= 11 is 0. The first-order valence-electron chi connectivity index (χ1n) is 8.19. The van der Waals surface area contributed by atoms with Crippen LogP contribution in [0.25, 0.3) is 0 Å². The summed E-state index contributed by atoms with van der Waals surface area (Å²) in [6.45, 7) is 0.722. The first-order chi connectivity index (χ1) is 12.0. The average Bonchev–Trinajstić information content (AvgIpc) is 2.65. The van der Waals surface area contributed by atoms with E-state index in [2.05, 4.69) is 10.6 Å². The smallest absolute Gasteiger partial charge is 0.263 e. The van der Waals surface area contributed by atoms with Crippen LogP contribution in [-0.2, 0) is 13.0 Å². The molecule has 3 rings (SSSR count). The van der Waals surface area contributed by atoms with Crippen molar-refractivity contribution in [1.29, 1.82) is 0 Å². The van der Waals surface area contributed by atoms with Gasteiger partial charge in [0, 0.05) is 30.3 Å². The number of rotatable bonds is 5. The number of fused-ring (bicyclic) bond motifs is 1. The molecule has 0 radical (unpaired) electrons.